The van der Waals surface area contributed by atoms with Gasteiger partial charge in [-0.15, -0.1) is 0 Å². The van der Waals surface area contributed by atoms with Gasteiger partial charge in [-0.25, -0.2) is 21.2 Å². The van der Waals surface area contributed by atoms with Crippen molar-refractivity contribution >= 4 is 43.0 Å². The summed E-state index contributed by atoms with van der Waals surface area (Å²) < 4.78 is 67.8. The number of piperazine rings is 1. The third kappa shape index (κ3) is 5.54. The van der Waals surface area contributed by atoms with Gasteiger partial charge in [-0.1, -0.05) is 31.5 Å². The number of nitrogens with zero attached hydrogens (tertiary/aromatic N) is 3. The van der Waals surface area contributed by atoms with E-state index in [1.807, 2.05) is 13.8 Å². The topological polar surface area (TPSA) is 78.0 Å². The maximum atomic E-state index is 15.0. The number of sulfonamides is 2. The van der Waals surface area contributed by atoms with Crippen LogP contribution in [0.2, 0.25) is 5.02 Å². The van der Waals surface area contributed by atoms with E-state index in [9.17, 15) is 16.8 Å². The van der Waals surface area contributed by atoms with Crippen LogP contribution in [-0.4, -0.2) is 60.1 Å². The Kier molecular flexibility index (Phi) is 7.38. The molecule has 0 saturated carbocycles. The second-order valence-corrected chi connectivity index (χ2v) is 12.5. The summed E-state index contributed by atoms with van der Waals surface area (Å²) in [7, 11) is -7.33. The Hall–Kier alpha value is -1.88. The van der Waals surface area contributed by atoms with Crippen molar-refractivity contribution < 1.29 is 21.2 Å². The molecular formula is C21H27ClFN3O4S2. The van der Waals surface area contributed by atoms with Gasteiger partial charge < -0.3 is 4.90 Å². The van der Waals surface area contributed by atoms with E-state index in [0.29, 0.717) is 23.8 Å². The molecule has 11 heteroatoms. The van der Waals surface area contributed by atoms with Gasteiger partial charge >= 0.3 is 0 Å². The Morgan fingerprint density at radius 2 is 1.69 bits per heavy atom. The summed E-state index contributed by atoms with van der Waals surface area (Å²) in [4.78, 5) is 1.56. The molecule has 1 heterocycles. The summed E-state index contributed by atoms with van der Waals surface area (Å²) in [5.41, 5.74) is 0.655. The van der Waals surface area contributed by atoms with Crippen molar-refractivity contribution in [1.82, 2.24) is 4.31 Å². The van der Waals surface area contributed by atoms with Crippen LogP contribution in [0.15, 0.2) is 47.4 Å². The number of hydrogen-bond acceptors (Lipinski definition) is 5. The highest BCUT2D eigenvalue weighted by Gasteiger charge is 2.29. The first-order valence-electron chi connectivity index (χ1n) is 10.2. The predicted octanol–water partition coefficient (Wildman–Crippen LogP) is 3.41. The molecule has 7 nitrogen and oxygen atoms in total. The molecule has 0 bridgehead atoms. The van der Waals surface area contributed by atoms with Gasteiger partial charge in [-0.2, -0.15) is 4.31 Å². The molecule has 1 aliphatic heterocycles. The summed E-state index contributed by atoms with van der Waals surface area (Å²) in [5.74, 6) is -0.645. The molecule has 0 N–H and O–H groups in total. The minimum Gasteiger partial charge on any atom is -0.367 e. The molecule has 0 amide bonds. The molecule has 2 aromatic carbocycles. The Labute approximate surface area is 194 Å². The normalized spacial score (nSPS) is 15.9. The molecular weight excluding hydrogens is 477 g/mol. The molecule has 0 radical (unpaired) electrons. The van der Waals surface area contributed by atoms with Gasteiger partial charge in [0.25, 0.3) is 10.0 Å². The van der Waals surface area contributed by atoms with E-state index in [4.69, 9.17) is 11.6 Å². The zero-order valence-electron chi connectivity index (χ0n) is 18.2. The second-order valence-electron chi connectivity index (χ2n) is 8.17. The van der Waals surface area contributed by atoms with Crippen LogP contribution < -0.4 is 9.21 Å². The van der Waals surface area contributed by atoms with Crippen molar-refractivity contribution in [1.29, 1.82) is 0 Å². The van der Waals surface area contributed by atoms with Crippen LogP contribution in [-0.2, 0) is 20.0 Å². The SMILES string of the molecule is CC(C)CN(c1cccc(Cl)c1)S(=O)(=O)c1ccc(N2CCN(S(C)(=O)=O)CC2)c(F)c1. The third-order valence-electron chi connectivity index (χ3n) is 5.18. The van der Waals surface area contributed by atoms with Crippen molar-refractivity contribution in [2.24, 2.45) is 5.92 Å². The fraction of sp³-hybridized carbons (Fsp3) is 0.429. The van der Waals surface area contributed by atoms with E-state index < -0.39 is 25.9 Å². The Balaban J connectivity index is 1.89. The van der Waals surface area contributed by atoms with Gasteiger partial charge in [0.2, 0.25) is 10.0 Å². The van der Waals surface area contributed by atoms with Gasteiger partial charge in [-0.3, -0.25) is 4.31 Å². The zero-order valence-corrected chi connectivity index (χ0v) is 20.6. The highest BCUT2D eigenvalue weighted by molar-refractivity contribution is 7.92. The van der Waals surface area contributed by atoms with Crippen molar-refractivity contribution in [2.75, 3.05) is 48.2 Å². The predicted molar refractivity (Wildman–Crippen MR) is 126 cm³/mol. The van der Waals surface area contributed by atoms with Crippen LogP contribution in [0, 0.1) is 11.7 Å². The number of anilines is 2. The van der Waals surface area contributed by atoms with Crippen LogP contribution in [0.5, 0.6) is 0 Å². The number of hydrogen-bond donors (Lipinski definition) is 0. The molecule has 3 rings (SSSR count). The molecule has 32 heavy (non-hydrogen) atoms. The first-order valence-corrected chi connectivity index (χ1v) is 13.8. The first-order chi connectivity index (χ1) is 14.9. The largest absolute Gasteiger partial charge is 0.367 e. The fourth-order valence-electron chi connectivity index (χ4n) is 3.60. The zero-order chi connectivity index (χ0) is 23.7. The molecule has 1 fully saturated rings. The highest BCUT2D eigenvalue weighted by Crippen LogP contribution is 2.30. The third-order valence-corrected chi connectivity index (χ3v) is 8.51. The smallest absolute Gasteiger partial charge is 0.264 e. The fourth-order valence-corrected chi connectivity index (χ4v) is 6.24. The van der Waals surface area contributed by atoms with Crippen LogP contribution in [0.25, 0.3) is 0 Å². The van der Waals surface area contributed by atoms with Crippen molar-refractivity contribution in [3.8, 4) is 0 Å². The lowest BCUT2D eigenvalue weighted by Gasteiger charge is -2.35. The molecule has 1 aliphatic rings. The maximum absolute atomic E-state index is 15.0. The average Bonchev–Trinajstić information content (AvgIpc) is 2.71. The van der Waals surface area contributed by atoms with E-state index >= 15 is 4.39 Å². The monoisotopic (exact) mass is 503 g/mol. The molecule has 1 saturated heterocycles. The number of benzene rings is 2. The van der Waals surface area contributed by atoms with Crippen LogP contribution in [0.3, 0.4) is 0 Å². The van der Waals surface area contributed by atoms with Gasteiger partial charge in [-0.05, 0) is 42.3 Å². The van der Waals surface area contributed by atoms with Gasteiger partial charge in [0.15, 0.2) is 0 Å². The van der Waals surface area contributed by atoms with Crippen molar-refractivity contribution in [2.45, 2.75) is 18.7 Å². The molecule has 0 spiro atoms. The highest BCUT2D eigenvalue weighted by atomic mass is 35.5. The van der Waals surface area contributed by atoms with Crippen molar-refractivity contribution in [3.05, 3.63) is 53.3 Å². The van der Waals surface area contributed by atoms with Crippen molar-refractivity contribution in [3.63, 3.8) is 0 Å². The first kappa shape index (κ1) is 24.8. The number of rotatable bonds is 7. The Bertz CT molecular complexity index is 1180. The summed E-state index contributed by atoms with van der Waals surface area (Å²) in [6, 6.07) is 10.4. The van der Waals surface area contributed by atoms with E-state index in [-0.39, 0.29) is 36.1 Å². The van der Waals surface area contributed by atoms with Gasteiger partial charge in [0.1, 0.15) is 5.82 Å². The lowest BCUT2D eigenvalue weighted by Crippen LogP contribution is -2.48. The van der Waals surface area contributed by atoms with Crippen LogP contribution in [0.4, 0.5) is 15.8 Å². The Morgan fingerprint density at radius 1 is 1.03 bits per heavy atom. The summed E-state index contributed by atoms with van der Waals surface area (Å²) in [6.45, 7) is 5.12. The summed E-state index contributed by atoms with van der Waals surface area (Å²) in [5, 5.41) is 0.404. The molecule has 0 unspecified atom stereocenters. The second kappa shape index (κ2) is 9.54. The van der Waals surface area contributed by atoms with Crippen LogP contribution in [0.1, 0.15) is 13.8 Å². The molecule has 0 aromatic heterocycles. The van der Waals surface area contributed by atoms with Crippen LogP contribution >= 0.6 is 11.6 Å². The molecule has 0 aliphatic carbocycles. The Morgan fingerprint density at radius 3 is 2.22 bits per heavy atom. The molecule has 2 aromatic rings. The molecule has 176 valence electrons. The summed E-state index contributed by atoms with van der Waals surface area (Å²) >= 11 is 6.06. The lowest BCUT2D eigenvalue weighted by molar-refractivity contribution is 0.386. The van der Waals surface area contributed by atoms with Gasteiger partial charge in [0, 0.05) is 37.7 Å². The minimum absolute atomic E-state index is 0.0269. The summed E-state index contributed by atoms with van der Waals surface area (Å²) in [6.07, 6.45) is 1.14. The molecule has 0 atom stereocenters. The van der Waals surface area contributed by atoms with E-state index in [0.717, 1.165) is 12.3 Å². The maximum Gasteiger partial charge on any atom is 0.264 e. The quantitative estimate of drug-likeness (QED) is 0.578. The number of halogens is 2. The van der Waals surface area contributed by atoms with Gasteiger partial charge in [0.05, 0.1) is 22.5 Å². The standard InChI is InChI=1S/C21H27ClFN3O4S2/c1-16(2)15-26(18-6-4-5-17(22)13-18)32(29,30)19-7-8-21(20(23)14-19)24-9-11-25(12-10-24)31(3,27)28/h4-8,13-14,16H,9-12,15H2,1-3H3. The van der Waals surface area contributed by atoms with E-state index in [2.05, 4.69) is 0 Å². The van der Waals surface area contributed by atoms with E-state index in [1.165, 1.54) is 20.7 Å². The van der Waals surface area contributed by atoms with E-state index in [1.54, 1.807) is 29.2 Å². The average molecular weight is 504 g/mol. The minimum atomic E-state index is -4.04. The lowest BCUT2D eigenvalue weighted by atomic mass is 10.2.